The van der Waals surface area contributed by atoms with E-state index in [-0.39, 0.29) is 0 Å². The number of likely N-dealkylation sites (N-methyl/N-ethyl adjacent to an activating group) is 1. The summed E-state index contributed by atoms with van der Waals surface area (Å²) in [5, 5.41) is 0. The van der Waals surface area contributed by atoms with Gasteiger partial charge in [-0.15, -0.1) is 0 Å². The van der Waals surface area contributed by atoms with Crippen LogP contribution in [-0.4, -0.2) is 41.1 Å². The van der Waals surface area contributed by atoms with E-state index in [4.69, 9.17) is 9.72 Å². The normalized spacial score (nSPS) is 27.1. The summed E-state index contributed by atoms with van der Waals surface area (Å²) in [7, 11) is 2.18. The van der Waals surface area contributed by atoms with Crippen LogP contribution in [0.3, 0.4) is 0 Å². The van der Waals surface area contributed by atoms with E-state index in [0.717, 1.165) is 19.4 Å². The van der Waals surface area contributed by atoms with Crippen LogP contribution in [0.4, 0.5) is 0 Å². The van der Waals surface area contributed by atoms with Crippen molar-refractivity contribution in [1.82, 2.24) is 14.9 Å². The molecule has 126 valence electrons. The Morgan fingerprint density at radius 1 is 1.22 bits per heavy atom. The number of likely N-dealkylation sites (tertiary alicyclic amines) is 1. The van der Waals surface area contributed by atoms with E-state index in [0.29, 0.717) is 17.5 Å². The van der Waals surface area contributed by atoms with E-state index < -0.39 is 0 Å². The second-order valence-electron chi connectivity index (χ2n) is 7.95. The number of ether oxygens (including phenoxy) is 1. The minimum absolute atomic E-state index is 0.527. The molecule has 4 heteroatoms. The Kier molecular flexibility index (Phi) is 4.27. The number of hydrogen-bond donors (Lipinski definition) is 0. The van der Waals surface area contributed by atoms with Crippen LogP contribution in [0.15, 0.2) is 6.20 Å². The molecule has 3 aliphatic rings. The maximum atomic E-state index is 5.94. The summed E-state index contributed by atoms with van der Waals surface area (Å²) in [5.74, 6) is 0. The Balaban J connectivity index is 1.44. The van der Waals surface area contributed by atoms with Gasteiger partial charge in [0.05, 0.1) is 5.69 Å². The lowest BCUT2D eigenvalue weighted by Crippen LogP contribution is -2.32. The molecule has 0 aromatic carbocycles. The standard InChI is InChI=1S/C19H29N3O/c1-22-11-5-6-16(22)14-23-18-20-13-15-7-10-19(12-17(15)21-18)8-3-2-4-9-19/h13,16H,2-12,14H2,1H3. The third-order valence-corrected chi connectivity index (χ3v) is 6.39. The first-order valence-corrected chi connectivity index (χ1v) is 9.42. The van der Waals surface area contributed by atoms with Gasteiger partial charge in [-0.25, -0.2) is 4.98 Å². The fourth-order valence-corrected chi connectivity index (χ4v) is 4.79. The Morgan fingerprint density at radius 2 is 2.09 bits per heavy atom. The third-order valence-electron chi connectivity index (χ3n) is 6.39. The first-order chi connectivity index (χ1) is 11.2. The van der Waals surface area contributed by atoms with Gasteiger partial charge in [0, 0.05) is 12.2 Å². The topological polar surface area (TPSA) is 38.2 Å². The molecule has 1 aromatic rings. The van der Waals surface area contributed by atoms with Gasteiger partial charge >= 0.3 is 6.01 Å². The molecule has 4 rings (SSSR count). The van der Waals surface area contributed by atoms with Crippen LogP contribution in [0.1, 0.15) is 62.6 Å². The largest absolute Gasteiger partial charge is 0.462 e. The number of rotatable bonds is 3. The molecule has 2 aliphatic carbocycles. The lowest BCUT2D eigenvalue weighted by Gasteiger charge is -2.40. The first kappa shape index (κ1) is 15.4. The van der Waals surface area contributed by atoms with Crippen LogP contribution in [0.2, 0.25) is 0 Å². The minimum atomic E-state index is 0.527. The molecule has 0 bridgehead atoms. The number of aryl methyl sites for hydroxylation is 1. The van der Waals surface area contributed by atoms with Crippen molar-refractivity contribution in [2.45, 2.75) is 70.3 Å². The smallest absolute Gasteiger partial charge is 0.316 e. The molecule has 4 nitrogen and oxygen atoms in total. The molecule has 1 unspecified atom stereocenters. The zero-order valence-corrected chi connectivity index (χ0v) is 14.4. The lowest BCUT2D eigenvalue weighted by atomic mass is 9.65. The highest BCUT2D eigenvalue weighted by molar-refractivity contribution is 5.24. The third kappa shape index (κ3) is 3.23. The highest BCUT2D eigenvalue weighted by Gasteiger charge is 2.36. The summed E-state index contributed by atoms with van der Waals surface area (Å²) < 4.78 is 5.94. The molecule has 0 N–H and O–H groups in total. The maximum absolute atomic E-state index is 5.94. The van der Waals surface area contributed by atoms with E-state index in [1.165, 1.54) is 69.2 Å². The summed E-state index contributed by atoms with van der Waals surface area (Å²) in [4.78, 5) is 11.6. The van der Waals surface area contributed by atoms with Crippen molar-refractivity contribution in [2.75, 3.05) is 20.2 Å². The Morgan fingerprint density at radius 3 is 2.87 bits per heavy atom. The van der Waals surface area contributed by atoms with Gasteiger partial charge in [0.15, 0.2) is 0 Å². The predicted molar refractivity (Wildman–Crippen MR) is 90.7 cm³/mol. The fourth-order valence-electron chi connectivity index (χ4n) is 4.79. The Bertz CT molecular complexity index is 554. The molecule has 1 atom stereocenters. The van der Waals surface area contributed by atoms with E-state index in [1.807, 2.05) is 6.20 Å². The van der Waals surface area contributed by atoms with Gasteiger partial charge in [0.2, 0.25) is 0 Å². The molecule has 1 saturated carbocycles. The Labute approximate surface area is 139 Å². The van der Waals surface area contributed by atoms with Crippen LogP contribution in [0.5, 0.6) is 6.01 Å². The molecule has 1 spiro atoms. The lowest BCUT2D eigenvalue weighted by molar-refractivity contribution is 0.157. The van der Waals surface area contributed by atoms with Crippen molar-refractivity contribution in [3.8, 4) is 6.01 Å². The molecule has 23 heavy (non-hydrogen) atoms. The second kappa shape index (κ2) is 6.39. The van der Waals surface area contributed by atoms with Crippen LogP contribution in [0, 0.1) is 5.41 Å². The summed E-state index contributed by atoms with van der Waals surface area (Å²) >= 11 is 0. The second-order valence-corrected chi connectivity index (χ2v) is 7.95. The summed E-state index contributed by atoms with van der Waals surface area (Å²) in [6.45, 7) is 1.90. The van der Waals surface area contributed by atoms with Crippen LogP contribution in [-0.2, 0) is 12.8 Å². The summed E-state index contributed by atoms with van der Waals surface area (Å²) in [6, 6.07) is 1.12. The average Bonchev–Trinajstić information content (AvgIpc) is 2.98. The van der Waals surface area contributed by atoms with Crippen LogP contribution < -0.4 is 4.74 Å². The molecule has 1 aliphatic heterocycles. The van der Waals surface area contributed by atoms with E-state index in [9.17, 15) is 0 Å². The molecule has 1 aromatic heterocycles. The predicted octanol–water partition coefficient (Wildman–Crippen LogP) is 3.39. The molecule has 2 heterocycles. The van der Waals surface area contributed by atoms with Gasteiger partial charge in [-0.2, -0.15) is 4.98 Å². The zero-order chi connectivity index (χ0) is 15.7. The zero-order valence-electron chi connectivity index (χ0n) is 14.4. The average molecular weight is 315 g/mol. The highest BCUT2D eigenvalue weighted by atomic mass is 16.5. The number of aromatic nitrogens is 2. The van der Waals surface area contributed by atoms with Gasteiger partial charge in [0.25, 0.3) is 0 Å². The van der Waals surface area contributed by atoms with Gasteiger partial charge in [-0.1, -0.05) is 19.3 Å². The minimum Gasteiger partial charge on any atom is -0.462 e. The van der Waals surface area contributed by atoms with Crippen molar-refractivity contribution in [3.63, 3.8) is 0 Å². The maximum Gasteiger partial charge on any atom is 0.316 e. The number of fused-ring (bicyclic) bond motifs is 1. The molecule has 0 amide bonds. The number of nitrogens with zero attached hydrogens (tertiary/aromatic N) is 3. The quantitative estimate of drug-likeness (QED) is 0.857. The van der Waals surface area contributed by atoms with Crippen molar-refractivity contribution in [1.29, 1.82) is 0 Å². The summed E-state index contributed by atoms with van der Waals surface area (Å²) in [6.07, 6.45) is 15.1. The van der Waals surface area contributed by atoms with Crippen molar-refractivity contribution >= 4 is 0 Å². The Hall–Kier alpha value is -1.16. The first-order valence-electron chi connectivity index (χ1n) is 9.42. The molecule has 2 fully saturated rings. The van der Waals surface area contributed by atoms with Crippen molar-refractivity contribution < 1.29 is 4.74 Å². The van der Waals surface area contributed by atoms with E-state index in [1.54, 1.807) is 0 Å². The van der Waals surface area contributed by atoms with Gasteiger partial charge in [-0.05, 0) is 69.5 Å². The fraction of sp³-hybridized carbons (Fsp3) is 0.789. The van der Waals surface area contributed by atoms with Crippen molar-refractivity contribution in [2.24, 2.45) is 5.41 Å². The number of hydrogen-bond acceptors (Lipinski definition) is 4. The van der Waals surface area contributed by atoms with Gasteiger partial charge in [0.1, 0.15) is 6.61 Å². The van der Waals surface area contributed by atoms with Gasteiger partial charge in [-0.3, -0.25) is 0 Å². The molecular formula is C19H29N3O. The van der Waals surface area contributed by atoms with Crippen LogP contribution in [0.25, 0.3) is 0 Å². The highest BCUT2D eigenvalue weighted by Crippen LogP contribution is 2.45. The molecule has 0 radical (unpaired) electrons. The van der Waals surface area contributed by atoms with Crippen LogP contribution >= 0.6 is 0 Å². The van der Waals surface area contributed by atoms with E-state index in [2.05, 4.69) is 16.9 Å². The SMILES string of the molecule is CN1CCCC1COc1ncc2c(n1)CC1(CCCCC1)CC2. The molecular weight excluding hydrogens is 286 g/mol. The van der Waals surface area contributed by atoms with E-state index >= 15 is 0 Å². The van der Waals surface area contributed by atoms with Crippen molar-refractivity contribution in [3.05, 3.63) is 17.5 Å². The summed E-state index contributed by atoms with van der Waals surface area (Å²) in [5.41, 5.74) is 3.15. The molecule has 1 saturated heterocycles. The van der Waals surface area contributed by atoms with Gasteiger partial charge < -0.3 is 9.64 Å². The monoisotopic (exact) mass is 315 g/mol.